The van der Waals surface area contributed by atoms with Crippen LogP contribution in [0.25, 0.3) is 0 Å². The van der Waals surface area contributed by atoms with Gasteiger partial charge in [0, 0.05) is 19.3 Å². The second-order valence-corrected chi connectivity index (χ2v) is 3.29. The summed E-state index contributed by atoms with van der Waals surface area (Å²) < 4.78 is 0. The summed E-state index contributed by atoms with van der Waals surface area (Å²) in [6.07, 6.45) is 3.14. The van der Waals surface area contributed by atoms with E-state index >= 15 is 0 Å². The van der Waals surface area contributed by atoms with Gasteiger partial charge in [0.15, 0.2) is 0 Å². The minimum absolute atomic E-state index is 0.135. The molecule has 1 fully saturated rings. The highest BCUT2D eigenvalue weighted by Crippen LogP contribution is 2.11. The van der Waals surface area contributed by atoms with Crippen LogP contribution in [0.3, 0.4) is 0 Å². The quantitative estimate of drug-likeness (QED) is 0.664. The zero-order valence-corrected chi connectivity index (χ0v) is 7.63. The van der Waals surface area contributed by atoms with E-state index in [1.54, 1.807) is 11.0 Å². The smallest absolute Gasteiger partial charge is 0.272 e. The number of carbonyl (C=O) groups excluding carboxylic acids is 1. The standard InChI is InChI=1S/C9H11N3O2/c13-7-2-4-12(5-7)9(14)8-1-3-10-6-11-8/h1,3,6-7,13H,2,4-5H2/t7-/m0/s1. The van der Waals surface area contributed by atoms with Crippen LogP contribution in [0.15, 0.2) is 18.6 Å². The van der Waals surface area contributed by atoms with Crippen LogP contribution in [-0.2, 0) is 0 Å². The van der Waals surface area contributed by atoms with E-state index in [2.05, 4.69) is 9.97 Å². The Labute approximate surface area is 81.4 Å². The highest BCUT2D eigenvalue weighted by molar-refractivity contribution is 5.92. The molecule has 0 aliphatic carbocycles. The fraction of sp³-hybridized carbons (Fsp3) is 0.444. The Kier molecular flexibility index (Phi) is 2.41. The Morgan fingerprint density at radius 1 is 1.64 bits per heavy atom. The van der Waals surface area contributed by atoms with Crippen molar-refractivity contribution in [3.8, 4) is 0 Å². The molecule has 14 heavy (non-hydrogen) atoms. The Hall–Kier alpha value is -1.49. The first-order valence-electron chi connectivity index (χ1n) is 4.51. The van der Waals surface area contributed by atoms with E-state index in [1.165, 1.54) is 12.5 Å². The molecule has 1 aliphatic heterocycles. The summed E-state index contributed by atoms with van der Waals surface area (Å²) in [6.45, 7) is 1.01. The molecule has 1 aromatic rings. The van der Waals surface area contributed by atoms with Crippen LogP contribution in [0.5, 0.6) is 0 Å². The molecule has 1 N–H and O–H groups in total. The summed E-state index contributed by atoms with van der Waals surface area (Å²) in [7, 11) is 0. The van der Waals surface area contributed by atoms with Crippen molar-refractivity contribution < 1.29 is 9.90 Å². The van der Waals surface area contributed by atoms with Gasteiger partial charge in [-0.1, -0.05) is 0 Å². The molecule has 0 saturated carbocycles. The second-order valence-electron chi connectivity index (χ2n) is 3.29. The predicted octanol–water partition coefficient (Wildman–Crippen LogP) is -0.317. The van der Waals surface area contributed by atoms with Gasteiger partial charge in [0.05, 0.1) is 6.10 Å². The average Bonchev–Trinajstić information content (AvgIpc) is 2.65. The number of amides is 1. The zero-order valence-electron chi connectivity index (χ0n) is 7.63. The summed E-state index contributed by atoms with van der Waals surface area (Å²) in [5, 5.41) is 9.27. The minimum atomic E-state index is -0.388. The van der Waals surface area contributed by atoms with Gasteiger partial charge in [-0.15, -0.1) is 0 Å². The number of aromatic nitrogens is 2. The molecule has 1 saturated heterocycles. The maximum Gasteiger partial charge on any atom is 0.272 e. The Bertz CT molecular complexity index is 328. The van der Waals surface area contributed by atoms with Crippen LogP contribution in [0, 0.1) is 0 Å². The molecule has 2 rings (SSSR count). The molecule has 2 heterocycles. The molecular weight excluding hydrogens is 182 g/mol. The van der Waals surface area contributed by atoms with Crippen molar-refractivity contribution in [1.29, 1.82) is 0 Å². The lowest BCUT2D eigenvalue weighted by atomic mass is 10.3. The van der Waals surface area contributed by atoms with Crippen molar-refractivity contribution in [2.75, 3.05) is 13.1 Å². The van der Waals surface area contributed by atoms with E-state index < -0.39 is 0 Å². The monoisotopic (exact) mass is 193 g/mol. The van der Waals surface area contributed by atoms with E-state index in [0.29, 0.717) is 25.2 Å². The van der Waals surface area contributed by atoms with Gasteiger partial charge in [0.2, 0.25) is 0 Å². The number of rotatable bonds is 1. The summed E-state index contributed by atoms with van der Waals surface area (Å²) in [6, 6.07) is 1.58. The third kappa shape index (κ3) is 1.72. The fourth-order valence-corrected chi connectivity index (χ4v) is 1.51. The molecule has 74 valence electrons. The van der Waals surface area contributed by atoms with Gasteiger partial charge >= 0.3 is 0 Å². The number of nitrogens with zero attached hydrogens (tertiary/aromatic N) is 3. The maximum absolute atomic E-state index is 11.7. The average molecular weight is 193 g/mol. The summed E-state index contributed by atoms with van der Waals surface area (Å²) in [5.74, 6) is -0.135. The molecule has 1 atom stereocenters. The number of hydrogen-bond acceptors (Lipinski definition) is 4. The number of hydrogen-bond donors (Lipinski definition) is 1. The Balaban J connectivity index is 2.10. The number of β-amino-alcohol motifs (C(OH)–C–C–N with tert-alkyl or cyclic N) is 1. The van der Waals surface area contributed by atoms with E-state index in [9.17, 15) is 9.90 Å². The molecule has 1 aromatic heterocycles. The first-order valence-corrected chi connectivity index (χ1v) is 4.51. The Morgan fingerprint density at radius 3 is 3.07 bits per heavy atom. The van der Waals surface area contributed by atoms with Crippen LogP contribution in [0.2, 0.25) is 0 Å². The second kappa shape index (κ2) is 3.71. The van der Waals surface area contributed by atoms with Gasteiger partial charge < -0.3 is 10.0 Å². The summed E-state index contributed by atoms with van der Waals surface area (Å²) in [4.78, 5) is 20.9. The van der Waals surface area contributed by atoms with Crippen LogP contribution in [0.1, 0.15) is 16.9 Å². The van der Waals surface area contributed by atoms with Crippen LogP contribution < -0.4 is 0 Å². The van der Waals surface area contributed by atoms with Crippen LogP contribution in [0.4, 0.5) is 0 Å². The van der Waals surface area contributed by atoms with Crippen molar-refractivity contribution in [2.24, 2.45) is 0 Å². The Morgan fingerprint density at radius 2 is 2.50 bits per heavy atom. The van der Waals surface area contributed by atoms with E-state index in [4.69, 9.17) is 0 Å². The molecule has 5 heteroatoms. The first kappa shape index (κ1) is 9.08. The number of likely N-dealkylation sites (tertiary alicyclic amines) is 1. The molecule has 5 nitrogen and oxygen atoms in total. The van der Waals surface area contributed by atoms with E-state index in [-0.39, 0.29) is 12.0 Å². The van der Waals surface area contributed by atoms with Crippen molar-refractivity contribution in [3.05, 3.63) is 24.3 Å². The molecular formula is C9H11N3O2. The molecule has 1 aliphatic rings. The van der Waals surface area contributed by atoms with Gasteiger partial charge in [0.25, 0.3) is 5.91 Å². The molecule has 1 amide bonds. The number of aliphatic hydroxyl groups is 1. The van der Waals surface area contributed by atoms with E-state index in [0.717, 1.165) is 0 Å². The van der Waals surface area contributed by atoms with Gasteiger partial charge in [-0.2, -0.15) is 0 Å². The molecule has 0 spiro atoms. The maximum atomic E-state index is 11.7. The van der Waals surface area contributed by atoms with Crippen molar-refractivity contribution >= 4 is 5.91 Å². The SMILES string of the molecule is O=C(c1ccncn1)N1CC[C@H](O)C1. The highest BCUT2D eigenvalue weighted by Gasteiger charge is 2.25. The lowest BCUT2D eigenvalue weighted by Gasteiger charge is -2.14. The predicted molar refractivity (Wildman–Crippen MR) is 48.6 cm³/mol. The van der Waals surface area contributed by atoms with Gasteiger partial charge in [0.1, 0.15) is 12.0 Å². The zero-order chi connectivity index (χ0) is 9.97. The summed E-state index contributed by atoms with van der Waals surface area (Å²) >= 11 is 0. The number of aliphatic hydroxyl groups excluding tert-OH is 1. The number of carbonyl (C=O) groups is 1. The fourth-order valence-electron chi connectivity index (χ4n) is 1.51. The van der Waals surface area contributed by atoms with Gasteiger partial charge in [-0.25, -0.2) is 9.97 Å². The third-order valence-electron chi connectivity index (χ3n) is 2.25. The normalized spacial score (nSPS) is 21.2. The highest BCUT2D eigenvalue weighted by atomic mass is 16.3. The van der Waals surface area contributed by atoms with Gasteiger partial charge in [-0.3, -0.25) is 4.79 Å². The lowest BCUT2D eigenvalue weighted by molar-refractivity contribution is 0.0759. The van der Waals surface area contributed by atoms with Crippen LogP contribution >= 0.6 is 0 Å². The topological polar surface area (TPSA) is 66.3 Å². The molecule has 0 bridgehead atoms. The van der Waals surface area contributed by atoms with Crippen LogP contribution in [-0.4, -0.2) is 45.1 Å². The largest absolute Gasteiger partial charge is 0.391 e. The minimum Gasteiger partial charge on any atom is -0.391 e. The van der Waals surface area contributed by atoms with Gasteiger partial charge in [-0.05, 0) is 12.5 Å². The van der Waals surface area contributed by atoms with E-state index in [1.807, 2.05) is 0 Å². The summed E-state index contributed by atoms with van der Waals surface area (Å²) in [5.41, 5.74) is 0.383. The molecule has 0 aromatic carbocycles. The lowest BCUT2D eigenvalue weighted by Crippen LogP contribution is -2.30. The molecule has 0 radical (unpaired) electrons. The van der Waals surface area contributed by atoms with Crippen molar-refractivity contribution in [1.82, 2.24) is 14.9 Å². The molecule has 0 unspecified atom stereocenters. The third-order valence-corrected chi connectivity index (χ3v) is 2.25. The first-order chi connectivity index (χ1) is 6.77. The van der Waals surface area contributed by atoms with Crippen molar-refractivity contribution in [2.45, 2.75) is 12.5 Å². The van der Waals surface area contributed by atoms with Crippen molar-refractivity contribution in [3.63, 3.8) is 0 Å².